The standard InChI is InChI=1S/C4H10N4O/c5-4(6)7-2-1-3-8-9/h3,9H,1-2H2,(H4,5,6,7). The molecule has 0 aliphatic heterocycles. The minimum atomic E-state index is -0.0682. The third kappa shape index (κ3) is 6.74. The SMILES string of the molecule is N=C(N)NCCC=NO. The molecule has 0 bridgehead atoms. The van der Waals surface area contributed by atoms with Gasteiger partial charge in [-0.2, -0.15) is 0 Å². The highest BCUT2D eigenvalue weighted by molar-refractivity contribution is 5.74. The molecule has 0 aliphatic carbocycles. The molecule has 9 heavy (non-hydrogen) atoms. The monoisotopic (exact) mass is 130 g/mol. The Kier molecular flexibility index (Phi) is 4.20. The molecule has 0 amide bonds. The van der Waals surface area contributed by atoms with Crippen molar-refractivity contribution in [1.82, 2.24) is 5.32 Å². The highest BCUT2D eigenvalue weighted by atomic mass is 16.4. The summed E-state index contributed by atoms with van der Waals surface area (Å²) in [5.41, 5.74) is 4.94. The lowest BCUT2D eigenvalue weighted by Gasteiger charge is -1.97. The first kappa shape index (κ1) is 7.74. The molecule has 0 aromatic carbocycles. The molecule has 5 N–H and O–H groups in total. The lowest BCUT2D eigenvalue weighted by Crippen LogP contribution is -2.30. The van der Waals surface area contributed by atoms with Gasteiger partial charge in [0.25, 0.3) is 0 Å². The summed E-state index contributed by atoms with van der Waals surface area (Å²) in [5.74, 6) is -0.0682. The topological polar surface area (TPSA) is 94.5 Å². The fourth-order valence-electron chi connectivity index (χ4n) is 0.329. The van der Waals surface area contributed by atoms with Crippen LogP contribution in [0.5, 0.6) is 0 Å². The van der Waals surface area contributed by atoms with Crippen LogP contribution in [0.25, 0.3) is 0 Å². The summed E-state index contributed by atoms with van der Waals surface area (Å²) in [6.45, 7) is 0.527. The first-order valence-electron chi connectivity index (χ1n) is 2.51. The Bertz CT molecular complexity index is 111. The molecular formula is C4H10N4O. The van der Waals surface area contributed by atoms with Crippen LogP contribution in [-0.2, 0) is 0 Å². The van der Waals surface area contributed by atoms with Gasteiger partial charge in [-0.3, -0.25) is 5.41 Å². The van der Waals surface area contributed by atoms with Crippen LogP contribution in [0.3, 0.4) is 0 Å². The first-order valence-corrected chi connectivity index (χ1v) is 2.51. The van der Waals surface area contributed by atoms with E-state index in [1.54, 1.807) is 0 Å². The molecule has 0 unspecified atom stereocenters. The Balaban J connectivity index is 3.01. The molecule has 0 saturated heterocycles. The molecule has 0 aromatic heterocycles. The highest BCUT2D eigenvalue weighted by Gasteiger charge is 1.82. The normalized spacial score (nSPS) is 9.78. The third-order valence-electron chi connectivity index (χ3n) is 0.671. The second-order valence-electron chi connectivity index (χ2n) is 1.43. The molecule has 0 heterocycles. The van der Waals surface area contributed by atoms with Crippen LogP contribution >= 0.6 is 0 Å². The molecule has 5 nitrogen and oxygen atoms in total. The lowest BCUT2D eigenvalue weighted by atomic mass is 10.5. The van der Waals surface area contributed by atoms with Gasteiger partial charge in [0, 0.05) is 19.2 Å². The molecule has 0 spiro atoms. The average molecular weight is 130 g/mol. The van der Waals surface area contributed by atoms with Crippen LogP contribution in [0.4, 0.5) is 0 Å². The smallest absolute Gasteiger partial charge is 0.185 e. The van der Waals surface area contributed by atoms with Crippen LogP contribution in [0.1, 0.15) is 6.42 Å². The molecule has 0 aromatic rings. The molecule has 0 atom stereocenters. The Morgan fingerprint density at radius 2 is 2.56 bits per heavy atom. The van der Waals surface area contributed by atoms with Crippen molar-refractivity contribution in [3.63, 3.8) is 0 Å². The molecule has 0 rings (SSSR count). The molecule has 5 heteroatoms. The van der Waals surface area contributed by atoms with Gasteiger partial charge in [0.1, 0.15) is 0 Å². The zero-order valence-electron chi connectivity index (χ0n) is 4.96. The summed E-state index contributed by atoms with van der Waals surface area (Å²) in [6, 6.07) is 0. The largest absolute Gasteiger partial charge is 0.411 e. The quantitative estimate of drug-likeness (QED) is 0.134. The van der Waals surface area contributed by atoms with Crippen LogP contribution in [0.2, 0.25) is 0 Å². The van der Waals surface area contributed by atoms with Gasteiger partial charge in [-0.05, 0) is 0 Å². The predicted molar refractivity (Wildman–Crippen MR) is 34.8 cm³/mol. The lowest BCUT2D eigenvalue weighted by molar-refractivity contribution is 0.320. The van der Waals surface area contributed by atoms with Crippen molar-refractivity contribution < 1.29 is 5.21 Å². The van der Waals surface area contributed by atoms with Gasteiger partial charge in [-0.1, -0.05) is 0 Å². The van der Waals surface area contributed by atoms with Gasteiger partial charge in [0.15, 0.2) is 5.96 Å². The number of nitrogens with zero attached hydrogens (tertiary/aromatic N) is 1. The maximum Gasteiger partial charge on any atom is 0.185 e. The van der Waals surface area contributed by atoms with Crippen LogP contribution in [0, 0.1) is 5.41 Å². The second kappa shape index (κ2) is 4.89. The van der Waals surface area contributed by atoms with E-state index in [9.17, 15) is 0 Å². The Morgan fingerprint density at radius 1 is 1.89 bits per heavy atom. The van der Waals surface area contributed by atoms with E-state index in [2.05, 4.69) is 10.5 Å². The van der Waals surface area contributed by atoms with E-state index in [0.717, 1.165) is 0 Å². The van der Waals surface area contributed by atoms with Gasteiger partial charge < -0.3 is 16.3 Å². The van der Waals surface area contributed by atoms with Gasteiger partial charge in [-0.15, -0.1) is 5.16 Å². The van der Waals surface area contributed by atoms with Crippen molar-refractivity contribution in [3.8, 4) is 0 Å². The molecule has 0 aliphatic rings. The Labute approximate surface area is 53.1 Å². The van der Waals surface area contributed by atoms with E-state index in [1.807, 2.05) is 0 Å². The molecule has 0 fully saturated rings. The minimum absolute atomic E-state index is 0.0682. The minimum Gasteiger partial charge on any atom is -0.411 e. The number of hydrogen-bond acceptors (Lipinski definition) is 3. The van der Waals surface area contributed by atoms with Crippen LogP contribution < -0.4 is 11.1 Å². The first-order chi connectivity index (χ1) is 4.27. The highest BCUT2D eigenvalue weighted by Crippen LogP contribution is 1.67. The number of oxime groups is 1. The van der Waals surface area contributed by atoms with E-state index in [-0.39, 0.29) is 5.96 Å². The van der Waals surface area contributed by atoms with Crippen molar-refractivity contribution in [2.75, 3.05) is 6.54 Å². The van der Waals surface area contributed by atoms with E-state index in [0.29, 0.717) is 13.0 Å². The van der Waals surface area contributed by atoms with E-state index >= 15 is 0 Å². The summed E-state index contributed by atoms with van der Waals surface area (Å²) in [7, 11) is 0. The zero-order valence-corrected chi connectivity index (χ0v) is 4.96. The summed E-state index contributed by atoms with van der Waals surface area (Å²) in [4.78, 5) is 0. The molecule has 0 saturated carbocycles. The molecule has 0 radical (unpaired) electrons. The number of rotatable bonds is 3. The van der Waals surface area contributed by atoms with Gasteiger partial charge in [0.2, 0.25) is 0 Å². The molecular weight excluding hydrogens is 120 g/mol. The summed E-state index contributed by atoms with van der Waals surface area (Å²) >= 11 is 0. The summed E-state index contributed by atoms with van der Waals surface area (Å²) in [5, 5.41) is 19.9. The summed E-state index contributed by atoms with van der Waals surface area (Å²) in [6.07, 6.45) is 1.89. The maximum atomic E-state index is 7.89. The zero-order chi connectivity index (χ0) is 7.11. The van der Waals surface area contributed by atoms with Gasteiger partial charge in [0.05, 0.1) is 0 Å². The average Bonchev–Trinajstić information content (AvgIpc) is 1.80. The van der Waals surface area contributed by atoms with Crippen molar-refractivity contribution in [1.29, 1.82) is 5.41 Å². The van der Waals surface area contributed by atoms with E-state index in [1.165, 1.54) is 6.21 Å². The Hall–Kier alpha value is -1.26. The van der Waals surface area contributed by atoms with E-state index < -0.39 is 0 Å². The fraction of sp³-hybridized carbons (Fsp3) is 0.500. The molecule has 52 valence electrons. The Morgan fingerprint density at radius 3 is 3.00 bits per heavy atom. The van der Waals surface area contributed by atoms with Crippen molar-refractivity contribution in [2.45, 2.75) is 6.42 Å². The third-order valence-corrected chi connectivity index (χ3v) is 0.671. The van der Waals surface area contributed by atoms with Gasteiger partial charge >= 0.3 is 0 Å². The van der Waals surface area contributed by atoms with Crippen molar-refractivity contribution in [3.05, 3.63) is 0 Å². The number of guanidine groups is 1. The van der Waals surface area contributed by atoms with Crippen LogP contribution in [0.15, 0.2) is 5.16 Å². The number of hydrogen-bond donors (Lipinski definition) is 4. The number of nitrogens with one attached hydrogen (secondary N) is 2. The van der Waals surface area contributed by atoms with Crippen molar-refractivity contribution >= 4 is 12.2 Å². The van der Waals surface area contributed by atoms with E-state index in [4.69, 9.17) is 16.4 Å². The second-order valence-corrected chi connectivity index (χ2v) is 1.43. The van der Waals surface area contributed by atoms with Crippen molar-refractivity contribution in [2.24, 2.45) is 10.9 Å². The number of nitrogens with two attached hydrogens (primary N) is 1. The van der Waals surface area contributed by atoms with Gasteiger partial charge in [-0.25, -0.2) is 0 Å². The van der Waals surface area contributed by atoms with Crippen LogP contribution in [-0.4, -0.2) is 23.9 Å². The predicted octanol–water partition coefficient (Wildman–Crippen LogP) is -0.680. The summed E-state index contributed by atoms with van der Waals surface area (Å²) < 4.78 is 0. The maximum absolute atomic E-state index is 7.89. The fourth-order valence-corrected chi connectivity index (χ4v) is 0.329.